The fourth-order valence-electron chi connectivity index (χ4n) is 1.25. The predicted octanol–water partition coefficient (Wildman–Crippen LogP) is 2.33. The topological polar surface area (TPSA) is 29.5 Å². The Hall–Kier alpha value is -1.06. The molecule has 1 aromatic rings. The van der Waals surface area contributed by atoms with Crippen LogP contribution in [0.1, 0.15) is 12.5 Å². The Balaban J connectivity index is 2.47. The first-order valence-electron chi connectivity index (χ1n) is 5.19. The third kappa shape index (κ3) is 4.21. The van der Waals surface area contributed by atoms with Crippen LogP contribution in [0.15, 0.2) is 24.3 Å². The zero-order valence-electron chi connectivity index (χ0n) is 9.57. The number of ether oxygens (including phenoxy) is 1. The van der Waals surface area contributed by atoms with E-state index in [-0.39, 0.29) is 12.5 Å². The van der Waals surface area contributed by atoms with Gasteiger partial charge in [-0.15, -0.1) is 0 Å². The quantitative estimate of drug-likeness (QED) is 0.792. The summed E-state index contributed by atoms with van der Waals surface area (Å²) in [6.45, 7) is 3.14. The van der Waals surface area contributed by atoms with E-state index >= 15 is 0 Å². The van der Waals surface area contributed by atoms with Gasteiger partial charge in [0.15, 0.2) is 0 Å². The fourth-order valence-corrected chi connectivity index (χ4v) is 1.38. The molecule has 0 N–H and O–H groups in total. The van der Waals surface area contributed by atoms with Crippen LogP contribution in [0.25, 0.3) is 0 Å². The third-order valence-corrected chi connectivity index (χ3v) is 2.44. The summed E-state index contributed by atoms with van der Waals surface area (Å²) in [7, 11) is 1.76. The van der Waals surface area contributed by atoms with Crippen LogP contribution < -0.4 is 0 Å². The lowest BCUT2D eigenvalue weighted by Crippen LogP contribution is -2.29. The molecule has 4 heteroatoms. The van der Waals surface area contributed by atoms with Crippen molar-refractivity contribution in [1.29, 1.82) is 0 Å². The van der Waals surface area contributed by atoms with Crippen molar-refractivity contribution in [1.82, 2.24) is 4.90 Å². The first-order valence-corrected chi connectivity index (χ1v) is 5.57. The van der Waals surface area contributed by atoms with Crippen molar-refractivity contribution in [3.8, 4) is 0 Å². The first-order chi connectivity index (χ1) is 7.63. The van der Waals surface area contributed by atoms with E-state index in [4.69, 9.17) is 16.3 Å². The second-order valence-electron chi connectivity index (χ2n) is 3.51. The van der Waals surface area contributed by atoms with Crippen molar-refractivity contribution < 1.29 is 9.53 Å². The van der Waals surface area contributed by atoms with Gasteiger partial charge in [0.1, 0.15) is 6.61 Å². The highest BCUT2D eigenvalue weighted by atomic mass is 35.5. The standard InChI is InChI=1S/C12H16ClNO2/c1-3-16-9-12(15)14(2)8-10-4-6-11(13)7-5-10/h4-7H,3,8-9H2,1-2H3. The molecule has 0 aliphatic heterocycles. The SMILES string of the molecule is CCOCC(=O)N(C)Cc1ccc(Cl)cc1. The molecule has 88 valence electrons. The highest BCUT2D eigenvalue weighted by molar-refractivity contribution is 6.30. The normalized spacial score (nSPS) is 10.2. The average Bonchev–Trinajstić information content (AvgIpc) is 2.29. The summed E-state index contributed by atoms with van der Waals surface area (Å²) in [6.07, 6.45) is 0. The van der Waals surface area contributed by atoms with Gasteiger partial charge in [-0.25, -0.2) is 0 Å². The zero-order chi connectivity index (χ0) is 12.0. The van der Waals surface area contributed by atoms with E-state index in [1.165, 1.54) is 0 Å². The molecule has 0 bridgehead atoms. The van der Waals surface area contributed by atoms with Gasteiger partial charge >= 0.3 is 0 Å². The molecule has 0 atom stereocenters. The average molecular weight is 242 g/mol. The fraction of sp³-hybridized carbons (Fsp3) is 0.417. The maximum absolute atomic E-state index is 11.5. The summed E-state index contributed by atoms with van der Waals surface area (Å²) in [5.74, 6) is -0.0169. The number of amides is 1. The summed E-state index contributed by atoms with van der Waals surface area (Å²) in [5.41, 5.74) is 1.05. The smallest absolute Gasteiger partial charge is 0.248 e. The lowest BCUT2D eigenvalue weighted by Gasteiger charge is -2.17. The number of hydrogen-bond acceptors (Lipinski definition) is 2. The zero-order valence-corrected chi connectivity index (χ0v) is 10.3. The molecule has 0 saturated carbocycles. The molecule has 1 aromatic carbocycles. The highest BCUT2D eigenvalue weighted by Gasteiger charge is 2.08. The molecule has 0 aliphatic rings. The minimum atomic E-state index is -0.0169. The van der Waals surface area contributed by atoms with Crippen LogP contribution >= 0.6 is 11.6 Å². The summed E-state index contributed by atoms with van der Waals surface area (Å²) >= 11 is 5.78. The molecule has 16 heavy (non-hydrogen) atoms. The monoisotopic (exact) mass is 241 g/mol. The van der Waals surface area contributed by atoms with E-state index in [0.717, 1.165) is 5.56 Å². The number of hydrogen-bond donors (Lipinski definition) is 0. The van der Waals surface area contributed by atoms with Gasteiger partial charge < -0.3 is 9.64 Å². The maximum Gasteiger partial charge on any atom is 0.248 e. The minimum absolute atomic E-state index is 0.0169. The molecular formula is C12H16ClNO2. The van der Waals surface area contributed by atoms with Crippen LogP contribution in [-0.4, -0.2) is 31.1 Å². The van der Waals surface area contributed by atoms with Crippen LogP contribution in [-0.2, 0) is 16.1 Å². The van der Waals surface area contributed by atoms with E-state index in [9.17, 15) is 4.79 Å². The van der Waals surface area contributed by atoms with Gasteiger partial charge in [0.05, 0.1) is 0 Å². The molecular weight excluding hydrogens is 226 g/mol. The minimum Gasteiger partial charge on any atom is -0.372 e. The van der Waals surface area contributed by atoms with Crippen molar-refractivity contribution in [3.05, 3.63) is 34.9 Å². The Morgan fingerprint density at radius 2 is 2.00 bits per heavy atom. The number of likely N-dealkylation sites (N-methyl/N-ethyl adjacent to an activating group) is 1. The largest absolute Gasteiger partial charge is 0.372 e. The van der Waals surface area contributed by atoms with Gasteiger partial charge in [0, 0.05) is 25.2 Å². The van der Waals surface area contributed by atoms with Crippen LogP contribution in [0.5, 0.6) is 0 Å². The maximum atomic E-state index is 11.5. The van der Waals surface area contributed by atoms with Gasteiger partial charge in [0.2, 0.25) is 5.91 Å². The molecule has 0 saturated heterocycles. The molecule has 3 nitrogen and oxygen atoms in total. The number of carbonyl (C=O) groups excluding carboxylic acids is 1. The summed E-state index contributed by atoms with van der Waals surface area (Å²) in [6, 6.07) is 7.45. The van der Waals surface area contributed by atoms with E-state index < -0.39 is 0 Å². The summed E-state index contributed by atoms with van der Waals surface area (Å²) in [4.78, 5) is 13.2. The van der Waals surface area contributed by atoms with Gasteiger partial charge in [-0.1, -0.05) is 23.7 Å². The van der Waals surface area contributed by atoms with Gasteiger partial charge in [0.25, 0.3) is 0 Å². The van der Waals surface area contributed by atoms with Gasteiger partial charge in [-0.2, -0.15) is 0 Å². The molecule has 0 heterocycles. The van der Waals surface area contributed by atoms with Crippen molar-refractivity contribution in [3.63, 3.8) is 0 Å². The molecule has 1 rings (SSSR count). The first kappa shape index (κ1) is 13.0. The van der Waals surface area contributed by atoms with Crippen LogP contribution in [0.2, 0.25) is 5.02 Å². The second kappa shape index (κ2) is 6.51. The number of rotatable bonds is 5. The molecule has 0 unspecified atom stereocenters. The Bertz CT molecular complexity index is 337. The molecule has 1 amide bonds. The molecule has 0 aliphatic carbocycles. The van der Waals surface area contributed by atoms with Gasteiger partial charge in [-0.3, -0.25) is 4.79 Å². The summed E-state index contributed by atoms with van der Waals surface area (Å²) in [5, 5.41) is 0.701. The lowest BCUT2D eigenvalue weighted by molar-refractivity contribution is -0.135. The summed E-state index contributed by atoms with van der Waals surface area (Å²) < 4.78 is 5.06. The Kier molecular flexibility index (Phi) is 5.29. The number of nitrogens with zero attached hydrogens (tertiary/aromatic N) is 1. The van der Waals surface area contributed by atoms with E-state index in [2.05, 4.69) is 0 Å². The van der Waals surface area contributed by atoms with Crippen LogP contribution in [0.3, 0.4) is 0 Å². The number of carbonyl (C=O) groups is 1. The number of benzene rings is 1. The highest BCUT2D eigenvalue weighted by Crippen LogP contribution is 2.10. The molecule has 0 radical (unpaired) electrons. The third-order valence-electron chi connectivity index (χ3n) is 2.19. The van der Waals surface area contributed by atoms with Crippen molar-refractivity contribution in [2.75, 3.05) is 20.3 Å². The van der Waals surface area contributed by atoms with E-state index in [0.29, 0.717) is 18.2 Å². The predicted molar refractivity (Wildman–Crippen MR) is 64.4 cm³/mol. The Morgan fingerprint density at radius 1 is 1.38 bits per heavy atom. The van der Waals surface area contributed by atoms with Gasteiger partial charge in [-0.05, 0) is 24.6 Å². The molecule has 0 fully saturated rings. The lowest BCUT2D eigenvalue weighted by atomic mass is 10.2. The van der Waals surface area contributed by atoms with Crippen molar-refractivity contribution >= 4 is 17.5 Å². The van der Waals surface area contributed by atoms with E-state index in [1.54, 1.807) is 11.9 Å². The second-order valence-corrected chi connectivity index (χ2v) is 3.95. The van der Waals surface area contributed by atoms with Crippen molar-refractivity contribution in [2.24, 2.45) is 0 Å². The van der Waals surface area contributed by atoms with Crippen LogP contribution in [0, 0.1) is 0 Å². The molecule has 0 aromatic heterocycles. The Morgan fingerprint density at radius 3 is 2.56 bits per heavy atom. The van der Waals surface area contributed by atoms with Crippen LogP contribution in [0.4, 0.5) is 0 Å². The van der Waals surface area contributed by atoms with E-state index in [1.807, 2.05) is 31.2 Å². The van der Waals surface area contributed by atoms with Crippen molar-refractivity contribution in [2.45, 2.75) is 13.5 Å². The Labute approximate surface area is 101 Å². The molecule has 0 spiro atoms. The number of halogens is 1.